The van der Waals surface area contributed by atoms with Gasteiger partial charge in [0.1, 0.15) is 0 Å². The average Bonchev–Trinajstić information content (AvgIpc) is 2.89. The molecule has 0 aliphatic carbocycles. The molecule has 7 nitrogen and oxygen atoms in total. The van der Waals surface area contributed by atoms with Crippen LogP contribution in [0, 0.1) is 27.7 Å². The number of aryl methyl sites for hydroxylation is 2. The molecule has 0 spiro atoms. The van der Waals surface area contributed by atoms with E-state index >= 15 is 0 Å². The third-order valence-electron chi connectivity index (χ3n) is 5.17. The molecule has 0 saturated carbocycles. The van der Waals surface area contributed by atoms with Crippen LogP contribution >= 0.6 is 0 Å². The van der Waals surface area contributed by atoms with Gasteiger partial charge in [-0.25, -0.2) is 16.8 Å². The summed E-state index contributed by atoms with van der Waals surface area (Å²) < 4.78 is 50.7. The smallest absolute Gasteiger partial charge is 0.244 e. The van der Waals surface area contributed by atoms with Gasteiger partial charge in [0.15, 0.2) is 9.84 Å². The Balaban J connectivity index is 2.25. The highest BCUT2D eigenvalue weighted by atomic mass is 32.2. The third-order valence-corrected chi connectivity index (χ3v) is 9.13. The van der Waals surface area contributed by atoms with Crippen LogP contribution in [0.1, 0.15) is 35.6 Å². The Kier molecular flexibility index (Phi) is 6.38. The summed E-state index contributed by atoms with van der Waals surface area (Å²) in [5, 5.41) is 2.65. The second kappa shape index (κ2) is 7.89. The summed E-state index contributed by atoms with van der Waals surface area (Å²) in [7, 11) is -6.97. The molecule has 9 heteroatoms. The molecule has 27 heavy (non-hydrogen) atoms. The molecule has 1 fully saturated rings. The van der Waals surface area contributed by atoms with Crippen molar-refractivity contribution in [1.29, 1.82) is 0 Å². The fourth-order valence-electron chi connectivity index (χ4n) is 3.41. The minimum atomic E-state index is -3.85. The molecule has 1 N–H and O–H groups in total. The van der Waals surface area contributed by atoms with E-state index in [1.807, 2.05) is 19.9 Å². The van der Waals surface area contributed by atoms with E-state index in [0.717, 1.165) is 15.4 Å². The second-order valence-electron chi connectivity index (χ2n) is 7.19. The van der Waals surface area contributed by atoms with Crippen LogP contribution in [0.3, 0.4) is 0 Å². The Hall–Kier alpha value is -1.45. The number of amides is 1. The van der Waals surface area contributed by atoms with Gasteiger partial charge in [0.05, 0.1) is 22.9 Å². The number of sulfonamides is 1. The highest BCUT2D eigenvalue weighted by Gasteiger charge is 2.32. The normalized spacial score (nSPS) is 19.4. The van der Waals surface area contributed by atoms with E-state index < -0.39 is 31.8 Å². The van der Waals surface area contributed by atoms with E-state index in [1.54, 1.807) is 20.8 Å². The van der Waals surface area contributed by atoms with Crippen LogP contribution in [0.25, 0.3) is 0 Å². The first kappa shape index (κ1) is 21.8. The Labute approximate surface area is 162 Å². The number of nitrogens with zero attached hydrogens (tertiary/aromatic N) is 1. The van der Waals surface area contributed by atoms with Gasteiger partial charge < -0.3 is 5.32 Å². The number of carbonyl (C=O) groups is 1. The predicted molar refractivity (Wildman–Crippen MR) is 105 cm³/mol. The quantitative estimate of drug-likeness (QED) is 0.752. The van der Waals surface area contributed by atoms with Gasteiger partial charge in [0.25, 0.3) is 0 Å². The maximum absolute atomic E-state index is 13.2. The molecular formula is C18H28N2O5S2. The summed E-state index contributed by atoms with van der Waals surface area (Å²) in [6, 6.07) is 1.50. The van der Waals surface area contributed by atoms with E-state index in [4.69, 9.17) is 0 Å². The van der Waals surface area contributed by atoms with Gasteiger partial charge in [-0.2, -0.15) is 4.31 Å². The van der Waals surface area contributed by atoms with Crippen LogP contribution in [0.4, 0.5) is 0 Å². The summed E-state index contributed by atoms with van der Waals surface area (Å²) in [6.07, 6.45) is 0.363. The van der Waals surface area contributed by atoms with Crippen LogP contribution in [-0.4, -0.2) is 57.7 Å². The summed E-state index contributed by atoms with van der Waals surface area (Å²) >= 11 is 0. The number of nitrogens with one attached hydrogen (secondary N) is 1. The lowest BCUT2D eigenvalue weighted by Gasteiger charge is -2.24. The minimum Gasteiger partial charge on any atom is -0.351 e. The molecule has 1 aliphatic heterocycles. The standard InChI is InChI=1S/C18H28N2O5S2/c1-6-20(10-17(21)19-16-7-8-26(22,23)11-16)27(24,25)18-14(4)12(2)9-13(3)15(18)5/h9,16H,6-8,10-11H2,1-5H3,(H,19,21)/t16-/m0/s1. The second-order valence-corrected chi connectivity index (χ2v) is 11.3. The first-order valence-electron chi connectivity index (χ1n) is 8.96. The Morgan fingerprint density at radius 2 is 1.74 bits per heavy atom. The summed E-state index contributed by atoms with van der Waals surface area (Å²) in [5.41, 5.74) is 3.12. The molecular weight excluding hydrogens is 388 g/mol. The molecule has 152 valence electrons. The van der Waals surface area contributed by atoms with Crippen molar-refractivity contribution in [3.63, 3.8) is 0 Å². The van der Waals surface area contributed by atoms with Crippen LogP contribution in [0.2, 0.25) is 0 Å². The zero-order chi connectivity index (χ0) is 20.6. The van der Waals surface area contributed by atoms with Crippen molar-refractivity contribution in [1.82, 2.24) is 9.62 Å². The maximum Gasteiger partial charge on any atom is 0.244 e. The Morgan fingerprint density at radius 1 is 1.19 bits per heavy atom. The largest absolute Gasteiger partial charge is 0.351 e. The highest BCUT2D eigenvalue weighted by molar-refractivity contribution is 7.91. The van der Waals surface area contributed by atoms with E-state index in [9.17, 15) is 21.6 Å². The summed E-state index contributed by atoms with van der Waals surface area (Å²) in [6.45, 7) is 8.76. The maximum atomic E-state index is 13.2. The highest BCUT2D eigenvalue weighted by Crippen LogP contribution is 2.28. The first-order valence-corrected chi connectivity index (χ1v) is 12.2. The zero-order valence-electron chi connectivity index (χ0n) is 16.5. The van der Waals surface area contributed by atoms with E-state index in [1.165, 1.54) is 0 Å². The lowest BCUT2D eigenvalue weighted by molar-refractivity contribution is -0.121. The summed E-state index contributed by atoms with van der Waals surface area (Å²) in [4.78, 5) is 12.6. The predicted octanol–water partition coefficient (Wildman–Crippen LogP) is 1.23. The average molecular weight is 417 g/mol. The van der Waals surface area contributed by atoms with Crippen molar-refractivity contribution in [2.45, 2.75) is 52.0 Å². The first-order chi connectivity index (χ1) is 12.4. The number of likely N-dealkylation sites (N-methyl/N-ethyl adjacent to an activating group) is 1. The van der Waals surface area contributed by atoms with Gasteiger partial charge in [0, 0.05) is 12.6 Å². The van der Waals surface area contributed by atoms with Crippen molar-refractivity contribution in [2.24, 2.45) is 0 Å². The lowest BCUT2D eigenvalue weighted by atomic mass is 10.0. The number of sulfone groups is 1. The van der Waals surface area contributed by atoms with Gasteiger partial charge in [-0.15, -0.1) is 0 Å². The van der Waals surface area contributed by atoms with E-state index in [-0.39, 0.29) is 29.5 Å². The molecule has 1 aliphatic rings. The molecule has 1 heterocycles. The zero-order valence-corrected chi connectivity index (χ0v) is 18.1. The van der Waals surface area contributed by atoms with Crippen molar-refractivity contribution in [3.05, 3.63) is 28.3 Å². The molecule has 1 atom stereocenters. The third kappa shape index (κ3) is 4.70. The van der Waals surface area contributed by atoms with Gasteiger partial charge in [-0.3, -0.25) is 4.79 Å². The monoisotopic (exact) mass is 416 g/mol. The molecule has 0 radical (unpaired) electrons. The molecule has 1 aromatic carbocycles. The van der Waals surface area contributed by atoms with E-state index in [0.29, 0.717) is 17.5 Å². The fraction of sp³-hybridized carbons (Fsp3) is 0.611. The van der Waals surface area contributed by atoms with Crippen LogP contribution in [-0.2, 0) is 24.7 Å². The van der Waals surface area contributed by atoms with Gasteiger partial charge in [-0.05, 0) is 56.4 Å². The summed E-state index contributed by atoms with van der Waals surface area (Å²) in [5.74, 6) is -0.524. The van der Waals surface area contributed by atoms with Gasteiger partial charge in [0.2, 0.25) is 15.9 Å². The molecule has 2 rings (SSSR count). The molecule has 1 aromatic rings. The van der Waals surface area contributed by atoms with Crippen molar-refractivity contribution >= 4 is 25.8 Å². The van der Waals surface area contributed by atoms with Crippen molar-refractivity contribution < 1.29 is 21.6 Å². The SMILES string of the molecule is CCN(CC(=O)N[C@H]1CCS(=O)(=O)C1)S(=O)(=O)c1c(C)c(C)cc(C)c1C. The van der Waals surface area contributed by atoms with Crippen LogP contribution < -0.4 is 5.32 Å². The number of carbonyl (C=O) groups excluding carboxylic acids is 1. The van der Waals surface area contributed by atoms with Gasteiger partial charge >= 0.3 is 0 Å². The number of rotatable bonds is 6. The van der Waals surface area contributed by atoms with Gasteiger partial charge in [-0.1, -0.05) is 13.0 Å². The number of hydrogen-bond donors (Lipinski definition) is 1. The Morgan fingerprint density at radius 3 is 2.19 bits per heavy atom. The molecule has 0 aromatic heterocycles. The van der Waals surface area contributed by atoms with E-state index in [2.05, 4.69) is 5.32 Å². The number of benzene rings is 1. The topological polar surface area (TPSA) is 101 Å². The Bertz CT molecular complexity index is 926. The van der Waals surface area contributed by atoms with Crippen LogP contribution in [0.5, 0.6) is 0 Å². The van der Waals surface area contributed by atoms with Crippen molar-refractivity contribution in [3.8, 4) is 0 Å². The molecule has 0 bridgehead atoms. The molecule has 0 unspecified atom stereocenters. The lowest BCUT2D eigenvalue weighted by Crippen LogP contribution is -2.44. The fourth-order valence-corrected chi connectivity index (χ4v) is 7.06. The molecule has 1 amide bonds. The van der Waals surface area contributed by atoms with Crippen LogP contribution in [0.15, 0.2) is 11.0 Å². The minimum absolute atomic E-state index is 0.0503. The molecule has 1 saturated heterocycles. The van der Waals surface area contributed by atoms with Crippen molar-refractivity contribution in [2.75, 3.05) is 24.6 Å². The number of hydrogen-bond acceptors (Lipinski definition) is 5.